The normalized spacial score (nSPS) is 22.3. The number of carbonyl (C=O) groups is 1. The molecule has 2 heterocycles. The molecule has 2 fully saturated rings. The highest BCUT2D eigenvalue weighted by Crippen LogP contribution is 2.31. The fraction of sp³-hybridized carbons (Fsp3) is 0.963. The molecular formula is C81H157NO13. The van der Waals surface area contributed by atoms with Crippen molar-refractivity contribution in [2.45, 2.75) is 479 Å². The van der Waals surface area contributed by atoms with Gasteiger partial charge in [0, 0.05) is 6.42 Å². The van der Waals surface area contributed by atoms with Gasteiger partial charge in [-0.25, -0.2) is 0 Å². The molecule has 2 rings (SSSR count). The van der Waals surface area contributed by atoms with E-state index in [2.05, 4.69) is 31.3 Å². The van der Waals surface area contributed by atoms with Crippen LogP contribution in [0.3, 0.4) is 0 Å². The Morgan fingerprint density at radius 3 is 1.00 bits per heavy atom. The lowest BCUT2D eigenvalue weighted by Crippen LogP contribution is -2.65. The first-order valence-corrected chi connectivity index (χ1v) is 41.4. The number of hydrogen-bond acceptors (Lipinski definition) is 13. The minimum atomic E-state index is -1.78. The van der Waals surface area contributed by atoms with Gasteiger partial charge in [0.25, 0.3) is 0 Å². The van der Waals surface area contributed by atoms with Gasteiger partial charge in [0.1, 0.15) is 48.8 Å². The molecule has 0 aromatic carbocycles. The van der Waals surface area contributed by atoms with Crippen LogP contribution in [-0.2, 0) is 23.7 Å². The van der Waals surface area contributed by atoms with Crippen LogP contribution in [0.15, 0.2) is 12.2 Å². The van der Waals surface area contributed by atoms with E-state index in [0.29, 0.717) is 12.8 Å². The average molecular weight is 1350 g/mol. The highest BCUT2D eigenvalue weighted by atomic mass is 16.7. The summed E-state index contributed by atoms with van der Waals surface area (Å²) in [6.07, 6.45) is 67.1. The van der Waals surface area contributed by atoms with E-state index in [4.69, 9.17) is 18.9 Å². The van der Waals surface area contributed by atoms with Crippen LogP contribution < -0.4 is 5.32 Å². The molecule has 14 nitrogen and oxygen atoms in total. The van der Waals surface area contributed by atoms with E-state index >= 15 is 0 Å². The van der Waals surface area contributed by atoms with Crippen molar-refractivity contribution in [3.8, 4) is 0 Å². The molecule has 2 aliphatic rings. The summed E-state index contributed by atoms with van der Waals surface area (Å²) in [5.41, 5.74) is 0. The smallest absolute Gasteiger partial charge is 0.220 e. The largest absolute Gasteiger partial charge is 0.394 e. The topological polar surface area (TPSA) is 228 Å². The summed E-state index contributed by atoms with van der Waals surface area (Å²) in [7, 11) is 0. The molecule has 12 atom stereocenters. The Labute approximate surface area is 584 Å². The third-order valence-corrected chi connectivity index (χ3v) is 20.7. The molecule has 0 aromatic heterocycles. The number of aliphatic hydroxyl groups is 8. The Morgan fingerprint density at radius 1 is 0.368 bits per heavy atom. The van der Waals surface area contributed by atoms with Crippen LogP contribution in [-0.4, -0.2) is 140 Å². The molecule has 2 aliphatic heterocycles. The van der Waals surface area contributed by atoms with E-state index in [9.17, 15) is 45.6 Å². The minimum absolute atomic E-state index is 0.196. The number of amides is 1. The quantitative estimate of drug-likeness (QED) is 0.0204. The maximum absolute atomic E-state index is 13.4. The fourth-order valence-corrected chi connectivity index (χ4v) is 14.2. The number of rotatable bonds is 71. The Hall–Kier alpha value is -1.27. The monoisotopic (exact) mass is 1350 g/mol. The van der Waals surface area contributed by atoms with E-state index in [-0.39, 0.29) is 12.5 Å². The van der Waals surface area contributed by atoms with Crippen LogP contribution >= 0.6 is 0 Å². The Bertz CT molecular complexity index is 1640. The third-order valence-electron chi connectivity index (χ3n) is 20.7. The maximum atomic E-state index is 13.4. The molecule has 0 saturated carbocycles. The van der Waals surface area contributed by atoms with Gasteiger partial charge in [-0.1, -0.05) is 373 Å². The van der Waals surface area contributed by atoms with Gasteiger partial charge in [-0.2, -0.15) is 0 Å². The number of unbranched alkanes of at least 4 members (excludes halogenated alkanes) is 56. The number of hydrogen-bond donors (Lipinski definition) is 9. The van der Waals surface area contributed by atoms with Crippen molar-refractivity contribution in [2.75, 3.05) is 19.8 Å². The van der Waals surface area contributed by atoms with Crippen LogP contribution in [0, 0.1) is 0 Å². The number of carbonyl (C=O) groups excluding carboxylic acids is 1. The molecule has 564 valence electrons. The molecule has 0 bridgehead atoms. The lowest BCUT2D eigenvalue weighted by atomic mass is 9.97. The summed E-state index contributed by atoms with van der Waals surface area (Å²) >= 11 is 0. The molecule has 0 spiro atoms. The Kier molecular flexibility index (Phi) is 62.4. The highest BCUT2D eigenvalue weighted by molar-refractivity contribution is 5.76. The summed E-state index contributed by atoms with van der Waals surface area (Å²) in [6, 6.07) is -0.826. The maximum Gasteiger partial charge on any atom is 0.220 e. The lowest BCUT2D eigenvalue weighted by molar-refractivity contribution is -0.359. The lowest BCUT2D eigenvalue weighted by Gasteiger charge is -2.46. The summed E-state index contributed by atoms with van der Waals surface area (Å²) in [5, 5.41) is 87.8. The van der Waals surface area contributed by atoms with Gasteiger partial charge in [-0.05, 0) is 38.5 Å². The van der Waals surface area contributed by atoms with E-state index < -0.39 is 86.8 Å². The predicted octanol–water partition coefficient (Wildman–Crippen LogP) is 18.9. The molecular weight excluding hydrogens is 1190 g/mol. The van der Waals surface area contributed by atoms with Crippen molar-refractivity contribution in [3.05, 3.63) is 12.2 Å². The molecule has 12 unspecified atom stereocenters. The van der Waals surface area contributed by atoms with Crippen LogP contribution in [0.4, 0.5) is 0 Å². The average Bonchev–Trinajstić information content (AvgIpc) is 0.897. The third kappa shape index (κ3) is 49.1. The van der Waals surface area contributed by atoms with Crippen LogP contribution in [0.1, 0.15) is 406 Å². The van der Waals surface area contributed by atoms with E-state index in [1.807, 2.05) is 0 Å². The minimum Gasteiger partial charge on any atom is -0.394 e. The van der Waals surface area contributed by atoms with Crippen LogP contribution in [0.2, 0.25) is 0 Å². The van der Waals surface area contributed by atoms with Crippen LogP contribution in [0.5, 0.6) is 0 Å². The molecule has 0 aromatic rings. The first kappa shape index (κ1) is 89.8. The van der Waals surface area contributed by atoms with Crippen molar-refractivity contribution in [2.24, 2.45) is 0 Å². The van der Waals surface area contributed by atoms with Crippen molar-refractivity contribution in [3.63, 3.8) is 0 Å². The number of ether oxygens (including phenoxy) is 4. The zero-order valence-corrected chi connectivity index (χ0v) is 62.0. The molecule has 95 heavy (non-hydrogen) atoms. The standard InChI is InChI=1S/C81H157NO13/c1-3-5-7-9-11-13-15-17-19-21-23-25-26-27-28-29-30-31-32-33-34-35-36-37-38-39-40-41-42-43-44-45-47-49-51-53-55-57-59-61-63-65-73(86)82-69(70(85)64-62-60-58-56-54-52-50-48-46-24-22-20-18-16-14-12-10-8-6-4-2)68-92-80-78(91)76(89)79(72(67-84)94-80)95-81-77(90)75(88)74(87)71(66-83)93-81/h21,23,69-72,74-81,83-85,87-91H,3-20,22,24-68H2,1-2H3,(H,82,86)/b23-21-. The molecule has 14 heteroatoms. The SMILES string of the molecule is CCCCCCCCCC/C=C\CCCCCCCCCCCCCCCCCCCCCCCCCCCCCCCC(=O)NC(COC1OC(CO)C(OC2OC(CO)C(O)C(O)C2O)C(O)C1O)C(O)CCCCCCCCCCCCCCCCCCCCCC. The molecule has 9 N–H and O–H groups in total. The highest BCUT2D eigenvalue weighted by Gasteiger charge is 2.51. The molecule has 0 aliphatic carbocycles. The molecule has 1 amide bonds. The number of nitrogens with one attached hydrogen (secondary N) is 1. The second-order valence-corrected chi connectivity index (χ2v) is 29.6. The second-order valence-electron chi connectivity index (χ2n) is 29.6. The first-order chi connectivity index (χ1) is 46.6. The summed E-state index contributed by atoms with van der Waals surface area (Å²) in [4.78, 5) is 13.4. The van der Waals surface area contributed by atoms with Crippen LogP contribution in [0.25, 0.3) is 0 Å². The summed E-state index contributed by atoms with van der Waals surface area (Å²) in [5.74, 6) is -0.196. The zero-order valence-electron chi connectivity index (χ0n) is 62.0. The Balaban J connectivity index is 1.53. The molecule has 2 saturated heterocycles. The summed E-state index contributed by atoms with van der Waals surface area (Å²) < 4.78 is 23.0. The van der Waals surface area contributed by atoms with Gasteiger partial charge in [-0.15, -0.1) is 0 Å². The van der Waals surface area contributed by atoms with Crippen molar-refractivity contribution >= 4 is 5.91 Å². The van der Waals surface area contributed by atoms with Gasteiger partial charge in [0.2, 0.25) is 5.91 Å². The van der Waals surface area contributed by atoms with Gasteiger partial charge in [0.15, 0.2) is 12.6 Å². The van der Waals surface area contributed by atoms with Gasteiger partial charge in [0.05, 0.1) is 32.0 Å². The zero-order chi connectivity index (χ0) is 68.7. The van der Waals surface area contributed by atoms with Crippen molar-refractivity contribution < 1.29 is 64.6 Å². The second kappa shape index (κ2) is 66.0. The molecule has 0 radical (unpaired) electrons. The van der Waals surface area contributed by atoms with Gasteiger partial charge in [-0.3, -0.25) is 4.79 Å². The van der Waals surface area contributed by atoms with E-state index in [0.717, 1.165) is 51.4 Å². The van der Waals surface area contributed by atoms with Gasteiger partial charge >= 0.3 is 0 Å². The van der Waals surface area contributed by atoms with E-state index in [1.165, 1.54) is 327 Å². The van der Waals surface area contributed by atoms with Crippen molar-refractivity contribution in [1.29, 1.82) is 0 Å². The van der Waals surface area contributed by atoms with Gasteiger partial charge < -0.3 is 65.1 Å². The number of aliphatic hydroxyl groups excluding tert-OH is 8. The number of allylic oxidation sites excluding steroid dienone is 2. The fourth-order valence-electron chi connectivity index (χ4n) is 14.2. The Morgan fingerprint density at radius 2 is 0.663 bits per heavy atom. The first-order valence-electron chi connectivity index (χ1n) is 41.4. The van der Waals surface area contributed by atoms with Crippen molar-refractivity contribution in [1.82, 2.24) is 5.32 Å². The van der Waals surface area contributed by atoms with E-state index in [1.54, 1.807) is 0 Å². The predicted molar refractivity (Wildman–Crippen MR) is 392 cm³/mol. The summed E-state index contributed by atoms with van der Waals surface area (Å²) in [6.45, 7) is 2.93.